The van der Waals surface area contributed by atoms with Crippen molar-refractivity contribution in [2.45, 2.75) is 19.8 Å². The van der Waals surface area contributed by atoms with Crippen molar-refractivity contribution >= 4 is 27.8 Å². The van der Waals surface area contributed by atoms with Gasteiger partial charge in [0.2, 0.25) is 0 Å². The van der Waals surface area contributed by atoms with Gasteiger partial charge in [-0.3, -0.25) is 10.3 Å². The van der Waals surface area contributed by atoms with Crippen LogP contribution in [0.15, 0.2) is 31.8 Å². The molecule has 3 N–H and O–H groups in total. The number of furan rings is 1. The predicted octanol–water partition coefficient (Wildman–Crippen LogP) is 2.49. The summed E-state index contributed by atoms with van der Waals surface area (Å²) < 4.78 is 22.8. The summed E-state index contributed by atoms with van der Waals surface area (Å²) in [5.41, 5.74) is 6.93. The number of nitrogens with zero attached hydrogens (tertiary/aromatic N) is 1. The second-order valence-electron chi connectivity index (χ2n) is 7.16. The minimum atomic E-state index is -0.418. The molecule has 3 heterocycles. The number of benzene rings is 1. The summed E-state index contributed by atoms with van der Waals surface area (Å²) >= 11 is 0. The van der Waals surface area contributed by atoms with Crippen molar-refractivity contribution in [3.05, 3.63) is 39.9 Å². The van der Waals surface area contributed by atoms with Crippen LogP contribution < -0.4 is 16.1 Å². The van der Waals surface area contributed by atoms with Gasteiger partial charge < -0.3 is 24.0 Å². The molecule has 0 aliphatic carbocycles. The van der Waals surface area contributed by atoms with Crippen molar-refractivity contribution in [2.75, 3.05) is 39.5 Å². The first kappa shape index (κ1) is 19.5. The van der Waals surface area contributed by atoms with Crippen molar-refractivity contribution in [2.24, 2.45) is 5.73 Å². The number of amidine groups is 1. The van der Waals surface area contributed by atoms with Gasteiger partial charge >= 0.3 is 5.63 Å². The van der Waals surface area contributed by atoms with Gasteiger partial charge in [0, 0.05) is 31.8 Å². The molecule has 2 aromatic heterocycles. The summed E-state index contributed by atoms with van der Waals surface area (Å²) in [6.07, 6.45) is 1.61. The van der Waals surface area contributed by atoms with Crippen LogP contribution in [0.5, 0.6) is 5.75 Å². The zero-order valence-corrected chi connectivity index (χ0v) is 16.5. The number of hydrogen-bond acceptors (Lipinski definition) is 7. The van der Waals surface area contributed by atoms with E-state index in [0.717, 1.165) is 56.6 Å². The van der Waals surface area contributed by atoms with Crippen LogP contribution in [0.4, 0.5) is 0 Å². The molecule has 0 spiro atoms. The van der Waals surface area contributed by atoms with E-state index in [2.05, 4.69) is 11.8 Å². The average molecular weight is 399 g/mol. The molecule has 1 aromatic carbocycles. The average Bonchev–Trinajstić information content (AvgIpc) is 3.13. The van der Waals surface area contributed by atoms with Gasteiger partial charge in [-0.1, -0.05) is 13.3 Å². The van der Waals surface area contributed by atoms with Gasteiger partial charge in [0.25, 0.3) is 0 Å². The second kappa shape index (κ2) is 8.26. The number of nitrogens with two attached hydrogens (primary N) is 1. The Morgan fingerprint density at radius 3 is 2.76 bits per heavy atom. The van der Waals surface area contributed by atoms with Gasteiger partial charge in [0.05, 0.1) is 24.0 Å². The molecule has 8 heteroatoms. The van der Waals surface area contributed by atoms with Crippen molar-refractivity contribution in [3.8, 4) is 5.75 Å². The van der Waals surface area contributed by atoms with Crippen LogP contribution in [0, 0.1) is 5.41 Å². The molecule has 0 bridgehead atoms. The van der Waals surface area contributed by atoms with E-state index in [-0.39, 0.29) is 11.6 Å². The van der Waals surface area contributed by atoms with E-state index in [1.807, 2.05) is 0 Å². The van der Waals surface area contributed by atoms with E-state index in [1.165, 1.54) is 6.07 Å². The molecule has 3 aromatic rings. The summed E-state index contributed by atoms with van der Waals surface area (Å²) in [6, 6.07) is 4.96. The Labute approximate surface area is 167 Å². The van der Waals surface area contributed by atoms with E-state index in [1.54, 1.807) is 12.1 Å². The summed E-state index contributed by atoms with van der Waals surface area (Å²) in [4.78, 5) is 14.5. The third-order valence-electron chi connectivity index (χ3n) is 5.11. The minimum Gasteiger partial charge on any atom is -0.491 e. The van der Waals surface area contributed by atoms with E-state index in [0.29, 0.717) is 28.9 Å². The van der Waals surface area contributed by atoms with Crippen molar-refractivity contribution in [1.29, 1.82) is 5.41 Å². The first-order valence-electron chi connectivity index (χ1n) is 9.87. The lowest BCUT2D eigenvalue weighted by atomic mass is 10.0. The molecular formula is C21H25N3O5. The molecule has 0 saturated carbocycles. The smallest absolute Gasteiger partial charge is 0.336 e. The predicted molar refractivity (Wildman–Crippen MR) is 110 cm³/mol. The quantitative estimate of drug-likeness (QED) is 0.356. The third-order valence-corrected chi connectivity index (χ3v) is 5.11. The van der Waals surface area contributed by atoms with Crippen LogP contribution in [0.2, 0.25) is 0 Å². The van der Waals surface area contributed by atoms with E-state index >= 15 is 0 Å². The Balaban J connectivity index is 1.77. The molecule has 8 nitrogen and oxygen atoms in total. The topological polar surface area (TPSA) is 115 Å². The lowest BCUT2D eigenvalue weighted by Gasteiger charge is -2.26. The first-order chi connectivity index (χ1) is 14.1. The molecule has 1 aliphatic rings. The molecule has 1 aliphatic heterocycles. The number of nitrogens with one attached hydrogen (secondary N) is 1. The van der Waals surface area contributed by atoms with Gasteiger partial charge in [0.15, 0.2) is 17.2 Å². The van der Waals surface area contributed by atoms with Crippen LogP contribution in [-0.2, 0) is 11.2 Å². The number of hydrogen-bond donors (Lipinski definition) is 2. The summed E-state index contributed by atoms with van der Waals surface area (Å²) in [7, 11) is 0. The zero-order valence-electron chi connectivity index (χ0n) is 16.5. The molecule has 0 amide bonds. The molecule has 1 saturated heterocycles. The van der Waals surface area contributed by atoms with Gasteiger partial charge in [-0.2, -0.15) is 0 Å². The molecule has 154 valence electrons. The number of fused-ring (bicyclic) bond motifs is 3. The highest BCUT2D eigenvalue weighted by atomic mass is 16.5. The molecule has 0 radical (unpaired) electrons. The fraction of sp³-hybridized carbons (Fsp3) is 0.429. The summed E-state index contributed by atoms with van der Waals surface area (Å²) in [5, 5.41) is 9.04. The Morgan fingerprint density at radius 2 is 2.03 bits per heavy atom. The van der Waals surface area contributed by atoms with Gasteiger partial charge in [-0.05, 0) is 18.1 Å². The van der Waals surface area contributed by atoms with E-state index in [9.17, 15) is 4.79 Å². The number of morpholine rings is 1. The highest BCUT2D eigenvalue weighted by molar-refractivity contribution is 6.09. The summed E-state index contributed by atoms with van der Waals surface area (Å²) in [5.74, 6) is 0.656. The van der Waals surface area contributed by atoms with Gasteiger partial charge in [-0.25, -0.2) is 4.79 Å². The standard InChI is InChI=1S/C21H25N3O5/c1-2-3-13-10-18(25)29-20-14-11-17(21(22)23)28-15(14)12-16(19(13)20)27-9-6-24-4-7-26-8-5-24/h10-12H,2-9H2,1H3,(H3,22,23). The lowest BCUT2D eigenvalue weighted by molar-refractivity contribution is 0.0323. The monoisotopic (exact) mass is 399 g/mol. The first-order valence-corrected chi connectivity index (χ1v) is 9.87. The van der Waals surface area contributed by atoms with Crippen LogP contribution in [-0.4, -0.2) is 50.2 Å². The number of ether oxygens (including phenoxy) is 2. The maximum absolute atomic E-state index is 12.2. The number of nitrogen functional groups attached to an aromatic ring is 1. The third kappa shape index (κ3) is 3.99. The van der Waals surface area contributed by atoms with Crippen molar-refractivity contribution in [3.63, 3.8) is 0 Å². The molecular weight excluding hydrogens is 374 g/mol. The highest BCUT2D eigenvalue weighted by Gasteiger charge is 2.19. The van der Waals surface area contributed by atoms with E-state index < -0.39 is 5.63 Å². The lowest BCUT2D eigenvalue weighted by Crippen LogP contribution is -2.38. The van der Waals surface area contributed by atoms with Crippen LogP contribution >= 0.6 is 0 Å². The highest BCUT2D eigenvalue weighted by Crippen LogP contribution is 2.37. The SMILES string of the molecule is CCCc1cc(=O)oc2c1c(OCCN1CCOCC1)cc1oc(C(=N)N)cc12. The number of rotatable bonds is 7. The molecule has 4 rings (SSSR count). The minimum absolute atomic E-state index is 0.184. The molecule has 0 unspecified atom stereocenters. The van der Waals surface area contributed by atoms with Crippen molar-refractivity contribution in [1.82, 2.24) is 4.90 Å². The molecule has 0 atom stereocenters. The molecule has 29 heavy (non-hydrogen) atoms. The Kier molecular flexibility index (Phi) is 5.55. The normalized spacial score (nSPS) is 15.2. The Bertz CT molecular complexity index is 1100. The van der Waals surface area contributed by atoms with Gasteiger partial charge in [-0.15, -0.1) is 0 Å². The van der Waals surface area contributed by atoms with E-state index in [4.69, 9.17) is 29.5 Å². The fourth-order valence-corrected chi connectivity index (χ4v) is 3.70. The summed E-state index contributed by atoms with van der Waals surface area (Å²) in [6.45, 7) is 6.58. The number of aryl methyl sites for hydroxylation is 1. The Morgan fingerprint density at radius 1 is 1.24 bits per heavy atom. The Hall–Kier alpha value is -2.84. The fourth-order valence-electron chi connectivity index (χ4n) is 3.70. The maximum Gasteiger partial charge on any atom is 0.336 e. The molecule has 1 fully saturated rings. The van der Waals surface area contributed by atoms with Crippen molar-refractivity contribution < 1.29 is 18.3 Å². The van der Waals surface area contributed by atoms with Crippen LogP contribution in [0.1, 0.15) is 24.7 Å². The van der Waals surface area contributed by atoms with Crippen LogP contribution in [0.25, 0.3) is 21.9 Å². The zero-order chi connectivity index (χ0) is 20.4. The maximum atomic E-state index is 12.2. The van der Waals surface area contributed by atoms with Crippen LogP contribution in [0.3, 0.4) is 0 Å². The second-order valence-corrected chi connectivity index (χ2v) is 7.16. The largest absolute Gasteiger partial charge is 0.491 e. The van der Waals surface area contributed by atoms with Gasteiger partial charge in [0.1, 0.15) is 17.9 Å².